The molecule has 2 N–H and O–H groups in total. The summed E-state index contributed by atoms with van der Waals surface area (Å²) in [5, 5.41) is 6.39. The summed E-state index contributed by atoms with van der Waals surface area (Å²) < 4.78 is 15.8. The molecule has 5 nitrogen and oxygen atoms in total. The first kappa shape index (κ1) is 16.0. The van der Waals surface area contributed by atoms with Crippen LogP contribution in [0.15, 0.2) is 41.9 Å². The number of hydrogen-bond acceptors (Lipinski definition) is 2. The molecule has 0 aliphatic rings. The minimum atomic E-state index is -0.280. The largest absolute Gasteiger partial charge is 0.357 e. The van der Waals surface area contributed by atoms with E-state index >= 15 is 0 Å². The number of guanidine groups is 1. The number of aromatic nitrogens is 2. The van der Waals surface area contributed by atoms with Crippen molar-refractivity contribution in [2.75, 3.05) is 13.1 Å². The lowest BCUT2D eigenvalue weighted by Gasteiger charge is -2.10. The van der Waals surface area contributed by atoms with Crippen LogP contribution in [0.4, 0.5) is 4.39 Å². The average Bonchev–Trinajstić information content (AvgIpc) is 3.04. The second kappa shape index (κ2) is 8.17. The van der Waals surface area contributed by atoms with E-state index in [9.17, 15) is 4.39 Å². The fourth-order valence-corrected chi connectivity index (χ4v) is 2.02. The highest BCUT2D eigenvalue weighted by atomic mass is 19.1. The van der Waals surface area contributed by atoms with Gasteiger partial charge in [-0.05, 0) is 31.0 Å². The molecule has 0 amide bonds. The molecule has 0 aliphatic carbocycles. The Morgan fingerprint density at radius 1 is 1.32 bits per heavy atom. The van der Waals surface area contributed by atoms with Gasteiger partial charge >= 0.3 is 0 Å². The average molecular weight is 303 g/mol. The van der Waals surface area contributed by atoms with E-state index < -0.39 is 0 Å². The Hall–Kier alpha value is -2.37. The van der Waals surface area contributed by atoms with Gasteiger partial charge in [-0.2, -0.15) is 0 Å². The van der Waals surface area contributed by atoms with Gasteiger partial charge in [0.1, 0.15) is 5.82 Å². The number of imidazole rings is 1. The van der Waals surface area contributed by atoms with Gasteiger partial charge in [-0.1, -0.05) is 13.0 Å². The molecule has 0 aliphatic heterocycles. The number of hydrogen-bond donors (Lipinski definition) is 2. The molecule has 1 aromatic heterocycles. The molecule has 6 heteroatoms. The molecule has 1 heterocycles. The highest BCUT2D eigenvalue weighted by Crippen LogP contribution is 2.15. The molecular formula is C16H22FN5. The van der Waals surface area contributed by atoms with E-state index in [1.807, 2.05) is 13.0 Å². The standard InChI is InChI=1S/C16H22FN5/c1-3-7-20-16(19-4-2)21-11-13-5-6-15(14(17)10-13)22-9-8-18-12-22/h5-6,8-10,12H,3-4,7,11H2,1-2H3,(H2,19,20,21). The lowest BCUT2D eigenvalue weighted by molar-refractivity contribution is 0.615. The Bertz CT molecular complexity index is 607. The number of nitrogens with zero attached hydrogens (tertiary/aromatic N) is 3. The van der Waals surface area contributed by atoms with Crippen molar-refractivity contribution in [1.82, 2.24) is 20.2 Å². The van der Waals surface area contributed by atoms with Gasteiger partial charge < -0.3 is 15.2 Å². The molecule has 0 unspecified atom stereocenters. The van der Waals surface area contributed by atoms with E-state index in [0.29, 0.717) is 12.2 Å². The Balaban J connectivity index is 2.08. The Kier molecular flexibility index (Phi) is 5.94. The molecule has 0 radical (unpaired) electrons. The highest BCUT2D eigenvalue weighted by Gasteiger charge is 2.05. The lowest BCUT2D eigenvalue weighted by Crippen LogP contribution is -2.37. The molecule has 22 heavy (non-hydrogen) atoms. The number of aliphatic imine (C=N–C) groups is 1. The minimum Gasteiger partial charge on any atom is -0.357 e. The maximum Gasteiger partial charge on any atom is 0.191 e. The Morgan fingerprint density at radius 3 is 2.82 bits per heavy atom. The van der Waals surface area contributed by atoms with E-state index in [0.717, 1.165) is 31.0 Å². The van der Waals surface area contributed by atoms with Crippen LogP contribution in [0.5, 0.6) is 0 Å². The predicted molar refractivity (Wildman–Crippen MR) is 86.6 cm³/mol. The van der Waals surface area contributed by atoms with Gasteiger partial charge in [-0.25, -0.2) is 14.4 Å². The van der Waals surface area contributed by atoms with Crippen LogP contribution in [0.3, 0.4) is 0 Å². The van der Waals surface area contributed by atoms with Crippen molar-refractivity contribution in [2.24, 2.45) is 4.99 Å². The van der Waals surface area contributed by atoms with Crippen molar-refractivity contribution in [3.05, 3.63) is 48.3 Å². The molecule has 0 atom stereocenters. The molecular weight excluding hydrogens is 281 g/mol. The van der Waals surface area contributed by atoms with Crippen molar-refractivity contribution in [3.8, 4) is 5.69 Å². The maximum absolute atomic E-state index is 14.2. The summed E-state index contributed by atoms with van der Waals surface area (Å²) in [7, 11) is 0. The molecule has 2 rings (SSSR count). The predicted octanol–water partition coefficient (Wildman–Crippen LogP) is 2.48. The number of halogens is 1. The van der Waals surface area contributed by atoms with Crippen LogP contribution < -0.4 is 10.6 Å². The third-order valence-corrected chi connectivity index (χ3v) is 3.10. The van der Waals surface area contributed by atoms with Gasteiger partial charge in [-0.3, -0.25) is 0 Å². The van der Waals surface area contributed by atoms with Gasteiger partial charge in [0.15, 0.2) is 5.96 Å². The fraction of sp³-hybridized carbons (Fsp3) is 0.375. The van der Waals surface area contributed by atoms with Gasteiger partial charge in [0.25, 0.3) is 0 Å². The normalized spacial score (nSPS) is 11.5. The van der Waals surface area contributed by atoms with E-state index in [2.05, 4.69) is 27.5 Å². The lowest BCUT2D eigenvalue weighted by atomic mass is 10.2. The van der Waals surface area contributed by atoms with Crippen molar-refractivity contribution in [2.45, 2.75) is 26.8 Å². The van der Waals surface area contributed by atoms with Crippen LogP contribution in [-0.4, -0.2) is 28.6 Å². The maximum atomic E-state index is 14.2. The van der Waals surface area contributed by atoms with Crippen molar-refractivity contribution >= 4 is 5.96 Å². The molecule has 1 aromatic carbocycles. The first-order valence-corrected chi connectivity index (χ1v) is 7.53. The number of rotatable bonds is 6. The summed E-state index contributed by atoms with van der Waals surface area (Å²) in [4.78, 5) is 8.39. The van der Waals surface area contributed by atoms with E-state index in [1.165, 1.54) is 6.07 Å². The molecule has 118 valence electrons. The fourth-order valence-electron chi connectivity index (χ4n) is 2.02. The van der Waals surface area contributed by atoms with Crippen LogP contribution in [0.25, 0.3) is 5.69 Å². The zero-order valence-electron chi connectivity index (χ0n) is 13.0. The van der Waals surface area contributed by atoms with Crippen LogP contribution in [0, 0.1) is 5.82 Å². The third-order valence-electron chi connectivity index (χ3n) is 3.10. The molecule has 0 fully saturated rings. The smallest absolute Gasteiger partial charge is 0.191 e. The Morgan fingerprint density at radius 2 is 2.18 bits per heavy atom. The van der Waals surface area contributed by atoms with Crippen molar-refractivity contribution in [3.63, 3.8) is 0 Å². The molecule has 0 bridgehead atoms. The zero-order chi connectivity index (χ0) is 15.8. The summed E-state index contributed by atoms with van der Waals surface area (Å²) in [5.74, 6) is 0.473. The van der Waals surface area contributed by atoms with Crippen LogP contribution in [0.1, 0.15) is 25.8 Å². The highest BCUT2D eigenvalue weighted by molar-refractivity contribution is 5.79. The molecule has 0 spiro atoms. The minimum absolute atomic E-state index is 0.280. The van der Waals surface area contributed by atoms with Crippen molar-refractivity contribution in [1.29, 1.82) is 0 Å². The molecule has 2 aromatic rings. The SMILES string of the molecule is CCCNC(=NCc1ccc(-n2ccnc2)c(F)c1)NCC. The number of benzene rings is 1. The van der Waals surface area contributed by atoms with Gasteiger partial charge in [-0.15, -0.1) is 0 Å². The third kappa shape index (κ3) is 4.31. The topological polar surface area (TPSA) is 54.2 Å². The summed E-state index contributed by atoms with van der Waals surface area (Å²) >= 11 is 0. The zero-order valence-corrected chi connectivity index (χ0v) is 13.0. The number of nitrogens with one attached hydrogen (secondary N) is 2. The molecule has 0 saturated heterocycles. The quantitative estimate of drug-likeness (QED) is 0.637. The van der Waals surface area contributed by atoms with Gasteiger partial charge in [0.2, 0.25) is 0 Å². The van der Waals surface area contributed by atoms with Crippen molar-refractivity contribution < 1.29 is 4.39 Å². The Labute approximate surface area is 130 Å². The monoisotopic (exact) mass is 303 g/mol. The van der Waals surface area contributed by atoms with Crippen LogP contribution in [-0.2, 0) is 6.54 Å². The second-order valence-electron chi connectivity index (χ2n) is 4.88. The first-order valence-electron chi connectivity index (χ1n) is 7.53. The summed E-state index contributed by atoms with van der Waals surface area (Å²) in [5.41, 5.74) is 1.32. The second-order valence-corrected chi connectivity index (χ2v) is 4.88. The summed E-state index contributed by atoms with van der Waals surface area (Å²) in [6.07, 6.45) is 5.95. The molecule has 0 saturated carbocycles. The summed E-state index contributed by atoms with van der Waals surface area (Å²) in [6, 6.07) is 5.14. The van der Waals surface area contributed by atoms with E-state index in [4.69, 9.17) is 0 Å². The van der Waals surface area contributed by atoms with Gasteiger partial charge in [0.05, 0.1) is 18.6 Å². The van der Waals surface area contributed by atoms with Crippen LogP contribution in [0.2, 0.25) is 0 Å². The first-order chi connectivity index (χ1) is 10.7. The van der Waals surface area contributed by atoms with Gasteiger partial charge in [0, 0.05) is 25.5 Å². The summed E-state index contributed by atoms with van der Waals surface area (Å²) in [6.45, 7) is 6.20. The van der Waals surface area contributed by atoms with E-state index in [1.54, 1.807) is 29.4 Å². The van der Waals surface area contributed by atoms with E-state index in [-0.39, 0.29) is 5.82 Å². The van der Waals surface area contributed by atoms with Crippen LogP contribution >= 0.6 is 0 Å².